The van der Waals surface area contributed by atoms with Gasteiger partial charge in [-0.2, -0.15) is 0 Å². The van der Waals surface area contributed by atoms with Gasteiger partial charge in [0.25, 0.3) is 0 Å². The van der Waals surface area contributed by atoms with Crippen molar-refractivity contribution in [2.75, 3.05) is 26.4 Å². The second kappa shape index (κ2) is 39.2. The summed E-state index contributed by atoms with van der Waals surface area (Å²) in [5, 5.41) is 0. The topological polar surface area (TPSA) is 416 Å². The zero-order valence-corrected chi connectivity index (χ0v) is 66.9. The Kier molecular flexibility index (Phi) is 31.6. The number of fused-ring (bicyclic) bond motifs is 5. The molecule has 0 unspecified atom stereocenters. The fraction of sp³-hybridized carbons (Fsp3) is 0.831. The summed E-state index contributed by atoms with van der Waals surface area (Å²) in [5.41, 5.74) is 0.166. The zero-order valence-electron chi connectivity index (χ0n) is 66.9. The van der Waals surface area contributed by atoms with E-state index in [0.29, 0.717) is 48.3 Å². The highest BCUT2D eigenvalue weighted by Gasteiger charge is 2.65. The predicted octanol–water partition coefficient (Wildman–Crippen LogP) is 6.19. The van der Waals surface area contributed by atoms with Crippen molar-refractivity contribution in [3.63, 3.8) is 0 Å². The molecule has 626 valence electrons. The Hall–Kier alpha value is -7.21. The van der Waals surface area contributed by atoms with Gasteiger partial charge in [0.2, 0.25) is 0 Å². The minimum Gasteiger partial charge on any atom is -0.463 e. The van der Waals surface area contributed by atoms with Crippen LogP contribution in [0.4, 0.5) is 0 Å². The smallest absolute Gasteiger partial charge is 0.303 e. The Bertz CT molecular complexity index is 3300. The number of ether oxygens (including phenoxy) is 21. The molecule has 0 aromatic carbocycles. The molecule has 8 rings (SSSR count). The average Bonchev–Trinajstić information content (AvgIpc) is 1.67. The number of esters is 13. The maximum atomic E-state index is 14.0. The highest BCUT2D eigenvalue weighted by atomic mass is 16.8. The molecule has 34 nitrogen and oxygen atoms in total. The molecule has 0 aromatic heterocycles. The predicted molar refractivity (Wildman–Crippen MR) is 374 cm³/mol. The Morgan fingerprint density at radius 1 is 0.324 bits per heavy atom. The maximum Gasteiger partial charge on any atom is 0.303 e. The van der Waals surface area contributed by atoms with Gasteiger partial charge in [0.1, 0.15) is 63.1 Å². The molecule has 4 saturated carbocycles. The lowest BCUT2D eigenvalue weighted by Crippen LogP contribution is -2.70. The number of carbonyl (C=O) groups is 13. The van der Waals surface area contributed by atoms with E-state index in [0.717, 1.165) is 122 Å². The minimum atomic E-state index is -2.29. The third-order valence-electron chi connectivity index (χ3n) is 22.9. The van der Waals surface area contributed by atoms with Gasteiger partial charge >= 0.3 is 77.6 Å². The van der Waals surface area contributed by atoms with E-state index in [1.54, 1.807) is 0 Å². The van der Waals surface area contributed by atoms with E-state index in [4.69, 9.17) is 99.5 Å². The van der Waals surface area contributed by atoms with Gasteiger partial charge in [0.15, 0.2) is 86.2 Å². The van der Waals surface area contributed by atoms with Crippen molar-refractivity contribution in [3.8, 4) is 0 Å². The molecule has 0 aromatic rings. The van der Waals surface area contributed by atoms with Crippen LogP contribution in [0, 0.1) is 52.3 Å². The summed E-state index contributed by atoms with van der Waals surface area (Å²) in [7, 11) is 0. The standard InChI is InChI=1S/C77H114O34/c1-35(2)20-19-21-36(3)53-24-25-54-52-23-22-50-30-51(26-28-76(50,17)55(52)27-29-77(53,54)18)104-72-71(65(100-46(13)87)61(96-42(9)83)56(105-72)31-91-37(4)78)111-75-70(103-49(16)90)67(63(98-44(11)85)59(108-75)34-94-40(7)81)110-74-69(102-48(15)89)66(62(97-43(10)84)58(107-74)33-93-39(6)80)109-73-68(101-47(14)88)64(99-45(12)86)60(95-41(8)82)57(106-73)32-92-38(5)79/h35-36,50-75H,19-34H2,1-18H3/t36-,50+,51+,52+,53-,54+,55+,56-,57-,58-,59-,60-,61-,62-,63-,64+,65+,66+,67+,68+,69+,70+,71+,72+,73-,74-,75-,76+,77-/m1/s1. The van der Waals surface area contributed by atoms with Crippen LogP contribution >= 0.6 is 0 Å². The van der Waals surface area contributed by atoms with Crippen LogP contribution in [-0.4, -0.2) is 233 Å². The van der Waals surface area contributed by atoms with Gasteiger partial charge < -0.3 is 99.5 Å². The molecule has 8 aliphatic rings. The first-order valence-corrected chi connectivity index (χ1v) is 38.5. The number of carbonyl (C=O) groups excluding carboxylic acids is 13. The lowest BCUT2D eigenvalue weighted by Gasteiger charge is -2.61. The fourth-order valence-corrected chi connectivity index (χ4v) is 18.7. The molecule has 0 radical (unpaired) electrons. The lowest BCUT2D eigenvalue weighted by atomic mass is 9.44. The van der Waals surface area contributed by atoms with E-state index < -0.39 is 233 Å². The normalized spacial score (nSPS) is 37.3. The molecule has 29 atom stereocenters. The molecule has 111 heavy (non-hydrogen) atoms. The monoisotopic (exact) mass is 1580 g/mol. The van der Waals surface area contributed by atoms with Crippen molar-refractivity contribution in [1.29, 1.82) is 0 Å². The van der Waals surface area contributed by atoms with E-state index in [2.05, 4.69) is 34.6 Å². The Balaban J connectivity index is 1.23. The Labute approximate surface area is 646 Å². The second-order valence-electron chi connectivity index (χ2n) is 31.6. The lowest BCUT2D eigenvalue weighted by molar-refractivity contribution is -0.395. The number of hydrogen-bond donors (Lipinski definition) is 0. The third-order valence-corrected chi connectivity index (χ3v) is 22.9. The van der Waals surface area contributed by atoms with E-state index in [9.17, 15) is 62.3 Å². The van der Waals surface area contributed by atoms with Crippen molar-refractivity contribution in [2.45, 2.75) is 331 Å². The van der Waals surface area contributed by atoms with Gasteiger partial charge in [-0.3, -0.25) is 62.3 Å². The summed E-state index contributed by atoms with van der Waals surface area (Å²) in [4.78, 5) is 172. The summed E-state index contributed by atoms with van der Waals surface area (Å²) in [6.07, 6.45) is -27.1. The van der Waals surface area contributed by atoms with E-state index in [1.807, 2.05) is 0 Å². The van der Waals surface area contributed by atoms with Crippen LogP contribution in [0.15, 0.2) is 0 Å². The SMILES string of the molecule is CC(=O)OC[C@H]1O[C@H](O[C@@H]2[C@H](OC(C)=O)[C@@H](O[C@@H]3[C@H](OC(C)=O)[C@@H](O[C@@H]4[C@@H](O[C@H]5CC[C@@]6(C)[C@@H](CC[C@@H]7[C@@H]6CC[C@]6(C)[C@@H]([C@H](C)CCCC(C)C)CC[C@@H]76)C5)O[C@H](COC(C)=O)[C@@H](OC(C)=O)[C@@H]4OC(C)=O)O[C@H](COC(C)=O)[C@H]3OC(C)=O)O[C@H](COC(C)=O)[C@H]2OC(C)=O)[C@@H](OC(C)=O)[C@@H](OC(C)=O)[C@@H]1OC(C)=O. The van der Waals surface area contributed by atoms with Gasteiger partial charge in [0.05, 0.1) is 6.10 Å². The quantitative estimate of drug-likeness (QED) is 0.0439. The summed E-state index contributed by atoms with van der Waals surface area (Å²) in [6, 6.07) is 0. The number of rotatable bonds is 30. The van der Waals surface area contributed by atoms with E-state index in [-0.39, 0.29) is 16.7 Å². The summed E-state index contributed by atoms with van der Waals surface area (Å²) < 4.78 is 129. The molecule has 0 amide bonds. The first-order chi connectivity index (χ1) is 52.2. The molecular weight excluding hydrogens is 1470 g/mol. The van der Waals surface area contributed by atoms with Gasteiger partial charge in [0, 0.05) is 90.0 Å². The van der Waals surface area contributed by atoms with Crippen LogP contribution in [0.3, 0.4) is 0 Å². The van der Waals surface area contributed by atoms with E-state index >= 15 is 0 Å². The van der Waals surface area contributed by atoms with Crippen molar-refractivity contribution < 1.29 is 162 Å². The maximum absolute atomic E-state index is 14.0. The van der Waals surface area contributed by atoms with Crippen LogP contribution < -0.4 is 0 Å². The van der Waals surface area contributed by atoms with Gasteiger partial charge in [-0.25, -0.2) is 0 Å². The molecule has 0 bridgehead atoms. The van der Waals surface area contributed by atoms with Crippen LogP contribution in [0.5, 0.6) is 0 Å². The van der Waals surface area contributed by atoms with Gasteiger partial charge in [-0.15, -0.1) is 0 Å². The molecule has 4 saturated heterocycles. The molecule has 4 aliphatic carbocycles. The van der Waals surface area contributed by atoms with Crippen molar-refractivity contribution in [1.82, 2.24) is 0 Å². The first-order valence-electron chi connectivity index (χ1n) is 38.5. The summed E-state index contributed by atoms with van der Waals surface area (Å²) in [6.45, 7) is 21.9. The van der Waals surface area contributed by atoms with Gasteiger partial charge in [-0.05, 0) is 110 Å². The molecule has 4 heterocycles. The molecule has 34 heteroatoms. The second-order valence-corrected chi connectivity index (χ2v) is 31.6. The molecule has 8 fully saturated rings. The highest BCUT2D eigenvalue weighted by molar-refractivity contribution is 5.71. The first kappa shape index (κ1) is 89.3. The zero-order chi connectivity index (χ0) is 81.8. The third kappa shape index (κ3) is 23.1. The van der Waals surface area contributed by atoms with Crippen molar-refractivity contribution >= 4 is 77.6 Å². The highest BCUT2D eigenvalue weighted by Crippen LogP contribution is 2.69. The summed E-state index contributed by atoms with van der Waals surface area (Å²) in [5.74, 6) is -9.25. The van der Waals surface area contributed by atoms with Crippen LogP contribution in [0.25, 0.3) is 0 Å². The molecule has 0 N–H and O–H groups in total. The molecule has 0 spiro atoms. The molecular formula is C77H114O34. The van der Waals surface area contributed by atoms with Crippen molar-refractivity contribution in [2.24, 2.45) is 52.3 Å². The molecule has 4 aliphatic heterocycles. The van der Waals surface area contributed by atoms with Crippen molar-refractivity contribution in [3.05, 3.63) is 0 Å². The average molecular weight is 1580 g/mol. The van der Waals surface area contributed by atoms with Gasteiger partial charge in [-0.1, -0.05) is 53.9 Å². The Morgan fingerprint density at radius 3 is 1.01 bits per heavy atom. The Morgan fingerprint density at radius 2 is 0.640 bits per heavy atom. The minimum absolute atomic E-state index is 0.0785. The number of hydrogen-bond acceptors (Lipinski definition) is 34. The fourth-order valence-electron chi connectivity index (χ4n) is 18.7. The largest absolute Gasteiger partial charge is 0.463 e. The van der Waals surface area contributed by atoms with Crippen LogP contribution in [0.2, 0.25) is 0 Å². The van der Waals surface area contributed by atoms with Crippen LogP contribution in [-0.2, 0) is 162 Å². The van der Waals surface area contributed by atoms with E-state index in [1.165, 1.54) is 32.1 Å². The summed E-state index contributed by atoms with van der Waals surface area (Å²) >= 11 is 0. The van der Waals surface area contributed by atoms with Crippen LogP contribution in [0.1, 0.15) is 202 Å².